The third kappa shape index (κ3) is 8.54. The Morgan fingerprint density at radius 2 is 1.16 bits per heavy atom. The Morgan fingerprint density at radius 3 is 1.59 bits per heavy atom. The van der Waals surface area contributed by atoms with Crippen molar-refractivity contribution in [3.63, 3.8) is 0 Å². The Labute approximate surface area is 299 Å². The van der Waals surface area contributed by atoms with E-state index in [2.05, 4.69) is 71.2 Å². The predicted octanol–water partition coefficient (Wildman–Crippen LogP) is 6.37. The summed E-state index contributed by atoms with van der Waals surface area (Å²) in [4.78, 5) is 13.7. The van der Waals surface area contributed by atoms with E-state index in [1.807, 2.05) is 76.6 Å². The number of ether oxygens (including phenoxy) is 2. The van der Waals surface area contributed by atoms with Gasteiger partial charge in [-0.3, -0.25) is 0 Å². The van der Waals surface area contributed by atoms with Crippen molar-refractivity contribution < 1.29 is 18.8 Å². The summed E-state index contributed by atoms with van der Waals surface area (Å²) in [7, 11) is -0.241. The van der Waals surface area contributed by atoms with Gasteiger partial charge in [-0.05, 0) is 101 Å². The van der Waals surface area contributed by atoms with E-state index in [1.165, 1.54) is 0 Å². The first-order chi connectivity index (χ1) is 22.7. The maximum atomic E-state index is 5.70. The van der Waals surface area contributed by atoms with Crippen LogP contribution >= 0.6 is 15.9 Å². The normalized spacial score (nSPS) is 18.3. The van der Waals surface area contributed by atoms with Gasteiger partial charge in [-0.1, -0.05) is 19.5 Å². The van der Waals surface area contributed by atoms with Gasteiger partial charge in [0, 0.05) is 26.2 Å². The van der Waals surface area contributed by atoms with Crippen LogP contribution in [0.2, 0.25) is 0 Å². The molecule has 12 nitrogen and oxygen atoms in total. The van der Waals surface area contributed by atoms with E-state index in [9.17, 15) is 0 Å². The average Bonchev–Trinajstić information content (AvgIpc) is 3.70. The molecule has 7 heterocycles. The molecule has 0 unspecified atom stereocenters. The van der Waals surface area contributed by atoms with E-state index in [0.29, 0.717) is 0 Å². The second-order valence-corrected chi connectivity index (χ2v) is 14.2. The zero-order valence-corrected chi connectivity index (χ0v) is 31.1. The van der Waals surface area contributed by atoms with Crippen LogP contribution in [0.15, 0.2) is 47.5 Å². The fourth-order valence-electron chi connectivity index (χ4n) is 5.52. The maximum Gasteiger partial charge on any atom is 0.489 e. The Hall–Kier alpha value is -3.30. The molecule has 0 saturated carbocycles. The summed E-state index contributed by atoms with van der Waals surface area (Å²) in [6.07, 6.45) is 0. The highest BCUT2D eigenvalue weighted by molar-refractivity contribution is 9.10. The lowest BCUT2D eigenvalue weighted by atomic mass is 9.81. The van der Waals surface area contributed by atoms with Gasteiger partial charge in [0.25, 0.3) is 0 Å². The van der Waals surface area contributed by atoms with Crippen LogP contribution in [0, 0.1) is 13.8 Å². The van der Waals surface area contributed by atoms with E-state index < -0.39 is 0 Å². The Morgan fingerprint density at radius 1 is 0.735 bits per heavy atom. The molecule has 0 amide bonds. The summed E-state index contributed by atoms with van der Waals surface area (Å²) in [6, 6.07) is 8.14. The molecule has 0 radical (unpaired) electrons. The molecule has 3 aliphatic rings. The quantitative estimate of drug-likeness (QED) is 0.219. The summed E-state index contributed by atoms with van der Waals surface area (Å²) >= 11 is 3.49. The van der Waals surface area contributed by atoms with Gasteiger partial charge in [0.15, 0.2) is 11.6 Å². The van der Waals surface area contributed by atoms with E-state index in [-0.39, 0.29) is 25.7 Å². The molecule has 266 valence electrons. The van der Waals surface area contributed by atoms with Crippen molar-refractivity contribution in [2.24, 2.45) is 0 Å². The molecular formula is C35H52BBrN8O4. The molecule has 3 fully saturated rings. The molecular weight excluding hydrogens is 687 g/mol. The Balaban J connectivity index is 0.000000168. The van der Waals surface area contributed by atoms with Crippen LogP contribution in [0.25, 0.3) is 16.6 Å². The molecule has 0 spiro atoms. The lowest BCUT2D eigenvalue weighted by Gasteiger charge is -2.32. The smallest absolute Gasteiger partial charge is 0.400 e. The van der Waals surface area contributed by atoms with Crippen molar-refractivity contribution in [3.05, 3.63) is 64.8 Å². The van der Waals surface area contributed by atoms with Crippen LogP contribution < -0.4 is 9.80 Å². The molecule has 14 heteroatoms. The molecule has 0 aromatic carbocycles. The fraction of sp³-hybridized carbons (Fsp3) is 0.543. The molecule has 7 rings (SSSR count). The van der Waals surface area contributed by atoms with E-state index in [4.69, 9.17) is 18.8 Å². The number of fused-ring (bicyclic) bond motifs is 2. The lowest BCUT2D eigenvalue weighted by Crippen LogP contribution is -2.41. The number of nitrogens with zero attached hydrogens (tertiary/aromatic N) is 8. The molecule has 3 aliphatic heterocycles. The second kappa shape index (κ2) is 15.7. The SMILES string of the molecule is C.C=C(C)B1OC(C)(C)C(C)(C)O1.C=C(C)c1ccc2c(N3CCOCC3)nc(C)nn12.Cc1nc(N2CCOCC2)c2ccc(Br)n2n1. The highest BCUT2D eigenvalue weighted by Crippen LogP contribution is 2.38. The minimum absolute atomic E-state index is 0. The minimum Gasteiger partial charge on any atom is -0.400 e. The second-order valence-electron chi connectivity index (χ2n) is 13.3. The molecule has 0 bridgehead atoms. The molecule has 0 aliphatic carbocycles. The van der Waals surface area contributed by atoms with Gasteiger partial charge in [-0.25, -0.2) is 19.0 Å². The van der Waals surface area contributed by atoms with E-state index >= 15 is 0 Å². The number of hydrogen-bond acceptors (Lipinski definition) is 10. The highest BCUT2D eigenvalue weighted by Gasteiger charge is 2.51. The monoisotopic (exact) mass is 738 g/mol. The third-order valence-electron chi connectivity index (χ3n) is 8.86. The van der Waals surface area contributed by atoms with Gasteiger partial charge in [-0.2, -0.15) is 10.2 Å². The van der Waals surface area contributed by atoms with Crippen LogP contribution in [-0.4, -0.2) is 100 Å². The first kappa shape index (κ1) is 38.5. The van der Waals surface area contributed by atoms with Crippen LogP contribution in [-0.2, 0) is 18.8 Å². The number of halogens is 1. The highest BCUT2D eigenvalue weighted by atomic mass is 79.9. The topological polar surface area (TPSA) is 104 Å². The van der Waals surface area contributed by atoms with Gasteiger partial charge < -0.3 is 28.6 Å². The number of rotatable bonds is 4. The van der Waals surface area contributed by atoms with E-state index in [0.717, 1.165) is 108 Å². The molecule has 49 heavy (non-hydrogen) atoms. The van der Waals surface area contributed by atoms with E-state index in [1.54, 1.807) is 0 Å². The number of anilines is 2. The van der Waals surface area contributed by atoms with Gasteiger partial charge >= 0.3 is 7.12 Å². The molecule has 0 atom stereocenters. The molecule has 0 N–H and O–H groups in total. The summed E-state index contributed by atoms with van der Waals surface area (Å²) in [6.45, 7) is 30.3. The maximum absolute atomic E-state index is 5.70. The van der Waals surface area contributed by atoms with Crippen LogP contribution in [0.5, 0.6) is 0 Å². The van der Waals surface area contributed by atoms with Crippen LogP contribution in [0.1, 0.15) is 66.3 Å². The fourth-order valence-corrected chi connectivity index (χ4v) is 5.92. The number of hydrogen-bond donors (Lipinski definition) is 0. The van der Waals surface area contributed by atoms with Crippen LogP contribution in [0.3, 0.4) is 0 Å². The van der Waals surface area contributed by atoms with Crippen molar-refractivity contribution in [3.8, 4) is 0 Å². The Bertz CT molecular complexity index is 1760. The summed E-state index contributed by atoms with van der Waals surface area (Å²) < 4.78 is 26.9. The summed E-state index contributed by atoms with van der Waals surface area (Å²) in [5, 5.41) is 8.89. The Kier molecular flexibility index (Phi) is 12.4. The van der Waals surface area contributed by atoms with Crippen molar-refractivity contribution in [1.82, 2.24) is 29.2 Å². The van der Waals surface area contributed by atoms with Crippen molar-refractivity contribution in [2.75, 3.05) is 62.4 Å². The average molecular weight is 740 g/mol. The largest absolute Gasteiger partial charge is 0.489 e. The molecule has 4 aromatic rings. The molecule has 3 saturated heterocycles. The first-order valence-electron chi connectivity index (χ1n) is 16.4. The van der Waals surface area contributed by atoms with Crippen molar-refractivity contribution >= 4 is 51.3 Å². The van der Waals surface area contributed by atoms with Gasteiger partial charge in [0.2, 0.25) is 0 Å². The van der Waals surface area contributed by atoms with Gasteiger partial charge in [-0.15, -0.1) is 6.58 Å². The van der Waals surface area contributed by atoms with Crippen molar-refractivity contribution in [1.29, 1.82) is 0 Å². The van der Waals surface area contributed by atoms with Crippen LogP contribution in [0.4, 0.5) is 11.6 Å². The number of aromatic nitrogens is 6. The predicted molar refractivity (Wildman–Crippen MR) is 202 cm³/mol. The zero-order chi connectivity index (χ0) is 34.8. The third-order valence-corrected chi connectivity index (χ3v) is 9.46. The standard InChI is InChI=1S/C14H18N4O.C11H13BrN4O.C9H17BO2.CH4/c1-10(2)12-4-5-13-14(15-11(3)16-18(12)13)17-6-8-19-9-7-17;1-8-13-11(15-4-6-17-7-5-15)9-2-3-10(12)16(9)14-8;1-7(2)10-11-8(3,4)9(5,6)12-10;/h4-5H,1,6-9H2,2-3H3;2-3H,4-7H2,1H3;1H2,2-6H3;1H4. The van der Waals surface area contributed by atoms with Gasteiger partial charge in [0.05, 0.1) is 43.3 Å². The number of aryl methyl sites for hydroxylation is 2. The minimum atomic E-state index is -0.241. The molecule has 4 aromatic heterocycles. The summed E-state index contributed by atoms with van der Waals surface area (Å²) in [5.41, 5.74) is 4.55. The number of morpholine rings is 2. The summed E-state index contributed by atoms with van der Waals surface area (Å²) in [5.74, 6) is 3.53. The number of allylic oxidation sites excluding steroid dienone is 2. The first-order valence-corrected chi connectivity index (χ1v) is 17.2. The van der Waals surface area contributed by atoms with Gasteiger partial charge in [0.1, 0.15) is 27.3 Å². The zero-order valence-electron chi connectivity index (χ0n) is 29.5. The van der Waals surface area contributed by atoms with Crippen molar-refractivity contribution in [2.45, 2.75) is 74.0 Å². The lowest BCUT2D eigenvalue weighted by molar-refractivity contribution is 0.00578.